The molecule has 0 aliphatic carbocycles. The van der Waals surface area contributed by atoms with Crippen LogP contribution in [-0.2, 0) is 4.79 Å². The lowest BCUT2D eigenvalue weighted by Crippen LogP contribution is -2.32. The van der Waals surface area contributed by atoms with E-state index < -0.39 is 11.6 Å². The zero-order valence-electron chi connectivity index (χ0n) is 11.1. The van der Waals surface area contributed by atoms with Gasteiger partial charge in [0.1, 0.15) is 6.54 Å². The first-order valence-corrected chi connectivity index (χ1v) is 6.40. The monoisotopic (exact) mass is 276 g/mol. The van der Waals surface area contributed by atoms with E-state index in [1.54, 1.807) is 0 Å². The summed E-state index contributed by atoms with van der Waals surface area (Å²) in [5.41, 5.74) is 1.06. The highest BCUT2D eigenvalue weighted by molar-refractivity contribution is 6.04. The van der Waals surface area contributed by atoms with Crippen molar-refractivity contribution in [3.63, 3.8) is 0 Å². The van der Waals surface area contributed by atoms with Gasteiger partial charge in [0, 0.05) is 24.8 Å². The van der Waals surface area contributed by atoms with Crippen LogP contribution in [0.3, 0.4) is 0 Å². The van der Waals surface area contributed by atoms with E-state index in [2.05, 4.69) is 16.9 Å². The molecule has 0 fully saturated rings. The number of halogens is 2. The molecule has 20 heavy (non-hydrogen) atoms. The second-order valence-corrected chi connectivity index (χ2v) is 4.33. The van der Waals surface area contributed by atoms with Crippen molar-refractivity contribution < 1.29 is 13.6 Å². The summed E-state index contributed by atoms with van der Waals surface area (Å²) >= 11 is 0. The smallest absolute Gasteiger partial charge is 0.243 e. The van der Waals surface area contributed by atoms with E-state index in [0.29, 0.717) is 30.5 Å². The lowest BCUT2D eigenvalue weighted by atomic mass is 10.0. The van der Waals surface area contributed by atoms with Crippen molar-refractivity contribution in [2.45, 2.75) is 26.2 Å². The molecule has 1 aliphatic rings. The molecule has 1 aliphatic heterocycles. The first kappa shape index (κ1) is 14.2. The Morgan fingerprint density at radius 2 is 2.05 bits per heavy atom. The van der Waals surface area contributed by atoms with Crippen molar-refractivity contribution in [3.05, 3.63) is 35.4 Å². The second-order valence-electron chi connectivity index (χ2n) is 4.33. The SMILES string of the molecule is CCC#CCN1N=C(c2ccc(F)c(F)c2)CCC1=O. The van der Waals surface area contributed by atoms with Gasteiger partial charge in [0.2, 0.25) is 5.91 Å². The molecule has 0 unspecified atom stereocenters. The van der Waals surface area contributed by atoms with E-state index in [-0.39, 0.29) is 12.5 Å². The summed E-state index contributed by atoms with van der Waals surface area (Å²) in [7, 11) is 0. The van der Waals surface area contributed by atoms with Gasteiger partial charge in [0.25, 0.3) is 0 Å². The molecule has 1 heterocycles. The Kier molecular flexibility index (Phi) is 4.46. The molecule has 104 valence electrons. The summed E-state index contributed by atoms with van der Waals surface area (Å²) < 4.78 is 26.1. The topological polar surface area (TPSA) is 32.7 Å². The molecular formula is C15H14F2N2O. The minimum absolute atomic E-state index is 0.110. The summed E-state index contributed by atoms with van der Waals surface area (Å²) in [6, 6.07) is 3.62. The highest BCUT2D eigenvalue weighted by Crippen LogP contribution is 2.17. The Morgan fingerprint density at radius 1 is 1.25 bits per heavy atom. The number of hydrogen-bond acceptors (Lipinski definition) is 2. The summed E-state index contributed by atoms with van der Waals surface area (Å²) in [5, 5.41) is 5.46. The quantitative estimate of drug-likeness (QED) is 0.764. The molecule has 0 atom stereocenters. The van der Waals surface area contributed by atoms with Gasteiger partial charge in [-0.15, -0.1) is 5.92 Å². The fourth-order valence-corrected chi connectivity index (χ4v) is 1.86. The molecule has 0 spiro atoms. The third kappa shape index (κ3) is 3.21. The van der Waals surface area contributed by atoms with Crippen LogP contribution >= 0.6 is 0 Å². The number of benzene rings is 1. The number of nitrogens with zero attached hydrogens (tertiary/aromatic N) is 2. The van der Waals surface area contributed by atoms with Crippen molar-refractivity contribution in [2.24, 2.45) is 5.10 Å². The van der Waals surface area contributed by atoms with E-state index in [1.165, 1.54) is 11.1 Å². The van der Waals surface area contributed by atoms with Gasteiger partial charge in [-0.2, -0.15) is 5.10 Å². The minimum atomic E-state index is -0.917. The number of amides is 1. The maximum absolute atomic E-state index is 13.2. The summed E-state index contributed by atoms with van der Waals surface area (Å²) in [6.07, 6.45) is 1.43. The Hall–Kier alpha value is -2.22. The average Bonchev–Trinajstić information content (AvgIpc) is 2.44. The van der Waals surface area contributed by atoms with Gasteiger partial charge in [-0.05, 0) is 18.2 Å². The molecule has 0 saturated carbocycles. The van der Waals surface area contributed by atoms with Crippen molar-refractivity contribution in [2.75, 3.05) is 6.54 Å². The zero-order chi connectivity index (χ0) is 14.5. The maximum Gasteiger partial charge on any atom is 0.243 e. The molecule has 1 aromatic carbocycles. The number of hydrogen-bond donors (Lipinski definition) is 0. The van der Waals surface area contributed by atoms with Crippen LogP contribution in [0.4, 0.5) is 8.78 Å². The van der Waals surface area contributed by atoms with Gasteiger partial charge >= 0.3 is 0 Å². The third-order valence-electron chi connectivity index (χ3n) is 2.89. The lowest BCUT2D eigenvalue weighted by molar-refractivity contribution is -0.131. The predicted octanol–water partition coefficient (Wildman–Crippen LogP) is 2.70. The Morgan fingerprint density at radius 3 is 2.75 bits per heavy atom. The molecule has 0 aromatic heterocycles. The van der Waals surface area contributed by atoms with Crippen molar-refractivity contribution in [1.29, 1.82) is 0 Å². The molecule has 1 aromatic rings. The van der Waals surface area contributed by atoms with Gasteiger partial charge < -0.3 is 0 Å². The third-order valence-corrected chi connectivity index (χ3v) is 2.89. The normalized spacial score (nSPS) is 14.7. The fraction of sp³-hybridized carbons (Fsp3) is 0.333. The standard InChI is InChI=1S/C15H14F2N2O/c1-2-3-4-9-19-15(20)8-7-14(18-19)11-5-6-12(16)13(17)10-11/h5-6,10H,2,7-9H2,1H3. The van der Waals surface area contributed by atoms with Crippen LogP contribution in [0.2, 0.25) is 0 Å². The van der Waals surface area contributed by atoms with Crippen molar-refractivity contribution in [1.82, 2.24) is 5.01 Å². The maximum atomic E-state index is 13.2. The molecule has 0 N–H and O–H groups in total. The van der Waals surface area contributed by atoms with Crippen LogP contribution in [0.25, 0.3) is 0 Å². The van der Waals surface area contributed by atoms with Crippen LogP contribution in [0, 0.1) is 23.5 Å². The first-order chi connectivity index (χ1) is 9.61. The van der Waals surface area contributed by atoms with Gasteiger partial charge in [0.15, 0.2) is 11.6 Å². The van der Waals surface area contributed by atoms with Crippen LogP contribution in [0.5, 0.6) is 0 Å². The molecule has 1 amide bonds. The second kappa shape index (κ2) is 6.29. The van der Waals surface area contributed by atoms with Crippen molar-refractivity contribution >= 4 is 11.6 Å². The van der Waals surface area contributed by atoms with Gasteiger partial charge in [0.05, 0.1) is 5.71 Å². The molecule has 0 bridgehead atoms. The number of hydrazone groups is 1. The van der Waals surface area contributed by atoms with E-state index >= 15 is 0 Å². The molecule has 2 rings (SSSR count). The molecule has 0 saturated heterocycles. The van der Waals surface area contributed by atoms with Crippen LogP contribution in [-0.4, -0.2) is 23.2 Å². The molecular weight excluding hydrogens is 262 g/mol. The van der Waals surface area contributed by atoms with Crippen LogP contribution in [0.1, 0.15) is 31.7 Å². The number of carbonyl (C=O) groups excluding carboxylic acids is 1. The van der Waals surface area contributed by atoms with E-state index in [4.69, 9.17) is 0 Å². The number of rotatable bonds is 2. The van der Waals surface area contributed by atoms with Crippen molar-refractivity contribution in [3.8, 4) is 11.8 Å². The molecule has 5 heteroatoms. The van der Waals surface area contributed by atoms with Crippen LogP contribution in [0.15, 0.2) is 23.3 Å². The Labute approximate surface area is 116 Å². The summed E-state index contributed by atoms with van der Waals surface area (Å²) in [5.74, 6) is 3.78. The predicted molar refractivity (Wildman–Crippen MR) is 71.9 cm³/mol. The van der Waals surface area contributed by atoms with E-state index in [0.717, 1.165) is 12.1 Å². The fourth-order valence-electron chi connectivity index (χ4n) is 1.86. The highest BCUT2D eigenvalue weighted by atomic mass is 19.2. The largest absolute Gasteiger partial charge is 0.273 e. The molecule has 0 radical (unpaired) electrons. The first-order valence-electron chi connectivity index (χ1n) is 6.40. The van der Waals surface area contributed by atoms with E-state index in [9.17, 15) is 13.6 Å². The zero-order valence-corrected chi connectivity index (χ0v) is 11.1. The van der Waals surface area contributed by atoms with Gasteiger partial charge in [-0.25, -0.2) is 13.8 Å². The van der Waals surface area contributed by atoms with Crippen LogP contribution < -0.4 is 0 Å². The minimum Gasteiger partial charge on any atom is -0.273 e. The Balaban J connectivity index is 2.24. The average molecular weight is 276 g/mol. The van der Waals surface area contributed by atoms with E-state index in [1.807, 2.05) is 6.92 Å². The van der Waals surface area contributed by atoms with Gasteiger partial charge in [-0.1, -0.05) is 12.8 Å². The van der Waals surface area contributed by atoms with Gasteiger partial charge in [-0.3, -0.25) is 4.79 Å². The Bertz CT molecular complexity index is 614. The summed E-state index contributed by atoms with van der Waals surface area (Å²) in [6.45, 7) is 2.14. The molecule has 3 nitrogen and oxygen atoms in total. The lowest BCUT2D eigenvalue weighted by Gasteiger charge is -2.21. The number of carbonyl (C=O) groups is 1. The summed E-state index contributed by atoms with van der Waals surface area (Å²) in [4.78, 5) is 11.7. The highest BCUT2D eigenvalue weighted by Gasteiger charge is 2.21.